The van der Waals surface area contributed by atoms with Crippen molar-refractivity contribution in [3.63, 3.8) is 0 Å². The number of piperazine rings is 1. The summed E-state index contributed by atoms with van der Waals surface area (Å²) in [6.45, 7) is 7.63. The van der Waals surface area contributed by atoms with Gasteiger partial charge in [0.25, 0.3) is 0 Å². The van der Waals surface area contributed by atoms with Crippen molar-refractivity contribution >= 4 is 6.03 Å². The largest absolute Gasteiger partial charge is 0.334 e. The highest BCUT2D eigenvalue weighted by atomic mass is 16.2. The second-order valence-electron chi connectivity index (χ2n) is 5.20. The molecule has 0 aliphatic carbocycles. The lowest BCUT2D eigenvalue weighted by atomic mass is 10.1. The number of carbonyl (C=O) groups is 1. The van der Waals surface area contributed by atoms with Gasteiger partial charge in [-0.1, -0.05) is 24.3 Å². The highest BCUT2D eigenvalue weighted by Gasteiger charge is 2.20. The molecule has 0 radical (unpaired) electrons. The van der Waals surface area contributed by atoms with E-state index in [2.05, 4.69) is 29.3 Å². The van der Waals surface area contributed by atoms with Crippen LogP contribution in [0.3, 0.4) is 0 Å². The molecule has 2 rings (SSSR count). The Morgan fingerprint density at radius 1 is 1.25 bits per heavy atom. The Labute approximate surface area is 120 Å². The van der Waals surface area contributed by atoms with E-state index in [0.717, 1.165) is 32.7 Å². The molecule has 1 heterocycles. The van der Waals surface area contributed by atoms with Crippen LogP contribution in [0, 0.1) is 6.92 Å². The summed E-state index contributed by atoms with van der Waals surface area (Å²) in [6.07, 6.45) is 0. The molecule has 1 aromatic rings. The summed E-state index contributed by atoms with van der Waals surface area (Å²) in [7, 11) is 0. The van der Waals surface area contributed by atoms with Crippen LogP contribution in [0.5, 0.6) is 0 Å². The number of amides is 2. The number of benzene rings is 1. The molecule has 0 aromatic heterocycles. The third-order valence-corrected chi connectivity index (χ3v) is 3.80. The quantitative estimate of drug-likeness (QED) is 0.854. The molecule has 0 bridgehead atoms. The van der Waals surface area contributed by atoms with E-state index in [1.165, 1.54) is 11.1 Å². The molecule has 0 unspecified atom stereocenters. The topological polar surface area (TPSA) is 61.6 Å². The molecule has 20 heavy (non-hydrogen) atoms. The SMILES string of the molecule is Cc1ccccc1CNC(=O)N1CCN(CCN)CC1. The van der Waals surface area contributed by atoms with Crippen molar-refractivity contribution in [2.24, 2.45) is 5.73 Å². The van der Waals surface area contributed by atoms with Gasteiger partial charge < -0.3 is 16.0 Å². The van der Waals surface area contributed by atoms with Gasteiger partial charge in [-0.15, -0.1) is 0 Å². The summed E-state index contributed by atoms with van der Waals surface area (Å²) >= 11 is 0. The summed E-state index contributed by atoms with van der Waals surface area (Å²) in [5.41, 5.74) is 7.92. The zero-order chi connectivity index (χ0) is 14.4. The Hall–Kier alpha value is -1.59. The van der Waals surface area contributed by atoms with Crippen LogP contribution in [0.2, 0.25) is 0 Å². The molecule has 1 aromatic carbocycles. The summed E-state index contributed by atoms with van der Waals surface area (Å²) in [4.78, 5) is 16.3. The highest BCUT2D eigenvalue weighted by Crippen LogP contribution is 2.07. The summed E-state index contributed by atoms with van der Waals surface area (Å²) in [5, 5.41) is 3.00. The van der Waals surface area contributed by atoms with Crippen LogP contribution in [0.25, 0.3) is 0 Å². The Bertz CT molecular complexity index is 441. The molecule has 3 N–H and O–H groups in total. The van der Waals surface area contributed by atoms with Gasteiger partial charge in [-0.3, -0.25) is 4.90 Å². The first kappa shape index (κ1) is 14.8. The van der Waals surface area contributed by atoms with Gasteiger partial charge in [-0.2, -0.15) is 0 Å². The van der Waals surface area contributed by atoms with Crippen molar-refractivity contribution in [3.8, 4) is 0 Å². The van der Waals surface area contributed by atoms with E-state index in [1.54, 1.807) is 0 Å². The predicted molar refractivity (Wildman–Crippen MR) is 80.5 cm³/mol. The van der Waals surface area contributed by atoms with Crippen LogP contribution >= 0.6 is 0 Å². The lowest BCUT2D eigenvalue weighted by Crippen LogP contribution is -2.52. The lowest BCUT2D eigenvalue weighted by molar-refractivity contribution is 0.141. The summed E-state index contributed by atoms with van der Waals surface area (Å²) in [6, 6.07) is 8.15. The Kier molecular flexibility index (Phi) is 5.38. The van der Waals surface area contributed by atoms with Gasteiger partial charge >= 0.3 is 6.03 Å². The number of aryl methyl sites for hydroxylation is 1. The second-order valence-corrected chi connectivity index (χ2v) is 5.20. The maximum Gasteiger partial charge on any atom is 0.317 e. The standard InChI is InChI=1S/C15H24N4O/c1-13-4-2-3-5-14(13)12-17-15(20)19-10-8-18(7-6-16)9-11-19/h2-5H,6-12,16H2,1H3,(H,17,20). The minimum Gasteiger partial charge on any atom is -0.334 e. The van der Waals surface area contributed by atoms with E-state index in [0.29, 0.717) is 13.1 Å². The fourth-order valence-electron chi connectivity index (χ4n) is 2.45. The third-order valence-electron chi connectivity index (χ3n) is 3.80. The molecule has 1 aliphatic rings. The first-order valence-corrected chi connectivity index (χ1v) is 7.20. The van der Waals surface area contributed by atoms with Gasteiger partial charge in [0.2, 0.25) is 0 Å². The first-order valence-electron chi connectivity index (χ1n) is 7.20. The smallest absolute Gasteiger partial charge is 0.317 e. The number of nitrogens with one attached hydrogen (secondary N) is 1. The van der Waals surface area contributed by atoms with Gasteiger partial charge in [-0.05, 0) is 18.1 Å². The molecule has 1 aliphatic heterocycles. The average molecular weight is 276 g/mol. The fourth-order valence-corrected chi connectivity index (χ4v) is 2.45. The van der Waals surface area contributed by atoms with E-state index >= 15 is 0 Å². The maximum absolute atomic E-state index is 12.1. The zero-order valence-electron chi connectivity index (χ0n) is 12.1. The van der Waals surface area contributed by atoms with Gasteiger partial charge in [0.1, 0.15) is 0 Å². The van der Waals surface area contributed by atoms with Crippen molar-refractivity contribution in [1.29, 1.82) is 0 Å². The van der Waals surface area contributed by atoms with Gasteiger partial charge in [0.05, 0.1) is 0 Å². The molecule has 0 saturated carbocycles. The molecule has 5 heteroatoms. The van der Waals surface area contributed by atoms with Crippen LogP contribution in [0.15, 0.2) is 24.3 Å². The van der Waals surface area contributed by atoms with Gasteiger partial charge in [0, 0.05) is 45.8 Å². The number of nitrogens with zero attached hydrogens (tertiary/aromatic N) is 2. The van der Waals surface area contributed by atoms with E-state index in [9.17, 15) is 4.79 Å². The molecule has 0 atom stereocenters. The van der Waals surface area contributed by atoms with Gasteiger partial charge in [-0.25, -0.2) is 4.79 Å². The summed E-state index contributed by atoms with van der Waals surface area (Å²) < 4.78 is 0. The van der Waals surface area contributed by atoms with Crippen LogP contribution in [-0.4, -0.2) is 55.1 Å². The molecule has 5 nitrogen and oxygen atoms in total. The fraction of sp³-hybridized carbons (Fsp3) is 0.533. The van der Waals surface area contributed by atoms with E-state index in [4.69, 9.17) is 5.73 Å². The van der Waals surface area contributed by atoms with Crippen LogP contribution < -0.4 is 11.1 Å². The van der Waals surface area contributed by atoms with E-state index in [-0.39, 0.29) is 6.03 Å². The lowest BCUT2D eigenvalue weighted by Gasteiger charge is -2.34. The zero-order valence-corrected chi connectivity index (χ0v) is 12.1. The number of carbonyl (C=O) groups excluding carboxylic acids is 1. The molecule has 1 saturated heterocycles. The third kappa shape index (κ3) is 3.95. The van der Waals surface area contributed by atoms with Crippen LogP contribution in [0.4, 0.5) is 4.79 Å². The van der Waals surface area contributed by atoms with Crippen molar-refractivity contribution in [3.05, 3.63) is 35.4 Å². The Morgan fingerprint density at radius 3 is 2.60 bits per heavy atom. The van der Waals surface area contributed by atoms with Crippen LogP contribution in [0.1, 0.15) is 11.1 Å². The Balaban J connectivity index is 1.77. The average Bonchev–Trinajstić information content (AvgIpc) is 2.47. The molecule has 1 fully saturated rings. The number of urea groups is 1. The number of hydrogen-bond donors (Lipinski definition) is 2. The highest BCUT2D eigenvalue weighted by molar-refractivity contribution is 5.74. The molecule has 2 amide bonds. The van der Waals surface area contributed by atoms with E-state index < -0.39 is 0 Å². The Morgan fingerprint density at radius 2 is 1.95 bits per heavy atom. The van der Waals surface area contributed by atoms with Crippen molar-refractivity contribution < 1.29 is 4.79 Å². The molecule has 0 spiro atoms. The predicted octanol–water partition coefficient (Wildman–Crippen LogP) is 0.781. The molecule has 110 valence electrons. The summed E-state index contributed by atoms with van der Waals surface area (Å²) in [5.74, 6) is 0. The van der Waals surface area contributed by atoms with Crippen molar-refractivity contribution in [1.82, 2.24) is 15.1 Å². The van der Waals surface area contributed by atoms with Crippen molar-refractivity contribution in [2.45, 2.75) is 13.5 Å². The van der Waals surface area contributed by atoms with Gasteiger partial charge in [0.15, 0.2) is 0 Å². The number of hydrogen-bond acceptors (Lipinski definition) is 3. The monoisotopic (exact) mass is 276 g/mol. The second kappa shape index (κ2) is 7.26. The molecular weight excluding hydrogens is 252 g/mol. The first-order chi connectivity index (χ1) is 9.70. The van der Waals surface area contributed by atoms with Crippen LogP contribution in [-0.2, 0) is 6.54 Å². The van der Waals surface area contributed by atoms with E-state index in [1.807, 2.05) is 17.0 Å². The normalized spacial score (nSPS) is 16.2. The number of nitrogens with two attached hydrogens (primary N) is 1. The maximum atomic E-state index is 12.1. The minimum absolute atomic E-state index is 0.0284. The number of rotatable bonds is 4. The van der Waals surface area contributed by atoms with Crippen molar-refractivity contribution in [2.75, 3.05) is 39.3 Å². The molecular formula is C15H24N4O. The minimum atomic E-state index is 0.0284.